The third-order valence-corrected chi connectivity index (χ3v) is 4.08. The molecule has 7 N–H and O–H groups in total. The van der Waals surface area contributed by atoms with E-state index in [9.17, 15) is 0 Å². The standard InChI is InChI=1S/C15H18N8OS/c1-19-7-9(6-16)12-5-3-11(17)14(21-12)23(18)8-10-2-4-13-15(20-10)25-24-22-13/h2-7,22H,8,16-18H2,1H3. The Morgan fingerprint density at radius 1 is 1.36 bits per heavy atom. The second-order valence-electron chi connectivity index (χ2n) is 5.17. The largest absolute Gasteiger partial charge is 0.404 e. The molecule has 0 spiro atoms. The molecule has 1 aliphatic heterocycles. The smallest absolute Gasteiger partial charge is 0.166 e. The van der Waals surface area contributed by atoms with Crippen LogP contribution < -0.4 is 27.8 Å². The van der Waals surface area contributed by atoms with Crippen LogP contribution in [0.25, 0.3) is 5.57 Å². The highest BCUT2D eigenvalue weighted by Gasteiger charge is 2.17. The Kier molecular flexibility index (Phi) is 5.03. The number of aliphatic imine (C=N–C) groups is 1. The van der Waals surface area contributed by atoms with Crippen molar-refractivity contribution in [2.24, 2.45) is 16.6 Å². The van der Waals surface area contributed by atoms with Crippen LogP contribution in [0.3, 0.4) is 0 Å². The lowest BCUT2D eigenvalue weighted by Crippen LogP contribution is -2.32. The van der Waals surface area contributed by atoms with Crippen molar-refractivity contribution in [3.63, 3.8) is 0 Å². The number of nitrogen functional groups attached to an aromatic ring is 1. The maximum Gasteiger partial charge on any atom is 0.166 e. The van der Waals surface area contributed by atoms with Crippen LogP contribution in [0, 0.1) is 0 Å². The monoisotopic (exact) mass is 358 g/mol. The van der Waals surface area contributed by atoms with Gasteiger partial charge < -0.3 is 11.5 Å². The predicted octanol–water partition coefficient (Wildman–Crippen LogP) is 1.30. The number of nitrogens with one attached hydrogen (secondary N) is 1. The van der Waals surface area contributed by atoms with Crippen LogP contribution in [-0.4, -0.2) is 23.2 Å². The van der Waals surface area contributed by atoms with E-state index in [4.69, 9.17) is 21.6 Å². The number of fused-ring (bicyclic) bond motifs is 1. The van der Waals surface area contributed by atoms with E-state index in [-0.39, 0.29) is 0 Å². The maximum absolute atomic E-state index is 6.17. The molecule has 1 aliphatic rings. The number of nitrogens with two attached hydrogens (primary N) is 3. The molecule has 0 aromatic carbocycles. The summed E-state index contributed by atoms with van der Waals surface area (Å²) in [7, 11) is 1.66. The molecule has 2 aromatic rings. The van der Waals surface area contributed by atoms with Crippen molar-refractivity contribution in [2.75, 3.05) is 23.3 Å². The number of hydrogen-bond donors (Lipinski definition) is 4. The van der Waals surface area contributed by atoms with Crippen molar-refractivity contribution in [3.05, 3.63) is 41.9 Å². The van der Waals surface area contributed by atoms with Gasteiger partial charge in [0.25, 0.3) is 0 Å². The predicted molar refractivity (Wildman–Crippen MR) is 100 cm³/mol. The van der Waals surface area contributed by atoms with Crippen molar-refractivity contribution in [3.8, 4) is 0 Å². The van der Waals surface area contributed by atoms with Crippen molar-refractivity contribution in [1.82, 2.24) is 9.97 Å². The van der Waals surface area contributed by atoms with Crippen molar-refractivity contribution in [1.29, 1.82) is 0 Å². The molecular formula is C15H18N8OS. The number of hydrazine groups is 1. The van der Waals surface area contributed by atoms with E-state index in [2.05, 4.69) is 20.4 Å². The third-order valence-electron chi connectivity index (χ3n) is 3.44. The molecule has 0 radical (unpaired) electrons. The maximum atomic E-state index is 6.17. The molecule has 0 unspecified atom stereocenters. The van der Waals surface area contributed by atoms with Gasteiger partial charge in [0.2, 0.25) is 0 Å². The molecule has 0 aliphatic carbocycles. The zero-order chi connectivity index (χ0) is 17.8. The Balaban J connectivity index is 1.85. The van der Waals surface area contributed by atoms with Crippen molar-refractivity contribution >= 4 is 41.0 Å². The molecule has 0 saturated heterocycles. The van der Waals surface area contributed by atoms with Crippen LogP contribution in [0.5, 0.6) is 0 Å². The quantitative estimate of drug-likeness (QED) is 0.269. The van der Waals surface area contributed by atoms with Gasteiger partial charge >= 0.3 is 0 Å². The molecule has 0 fully saturated rings. The van der Waals surface area contributed by atoms with E-state index >= 15 is 0 Å². The van der Waals surface area contributed by atoms with E-state index < -0.39 is 0 Å². The fourth-order valence-electron chi connectivity index (χ4n) is 2.25. The summed E-state index contributed by atoms with van der Waals surface area (Å²) in [6.07, 6.45) is 3.05. The molecule has 2 aromatic heterocycles. The molecule has 10 heteroatoms. The number of hydrogen-bond acceptors (Lipinski definition) is 10. The zero-order valence-corrected chi connectivity index (χ0v) is 14.3. The SMILES string of the molecule is CN=CC(=CN)c1ccc(N)c(N(N)Cc2ccc3c(n2)SON3)n1. The van der Waals surface area contributed by atoms with Crippen molar-refractivity contribution < 1.29 is 4.28 Å². The molecule has 25 heavy (non-hydrogen) atoms. The minimum Gasteiger partial charge on any atom is -0.404 e. The molecule has 0 bridgehead atoms. The van der Waals surface area contributed by atoms with Crippen molar-refractivity contribution in [2.45, 2.75) is 11.6 Å². The van der Waals surface area contributed by atoms with Crippen LogP contribution in [0.15, 0.2) is 40.5 Å². The molecule has 3 rings (SSSR count). The van der Waals surface area contributed by atoms with Gasteiger partial charge in [-0.2, -0.15) is 4.28 Å². The highest BCUT2D eigenvalue weighted by atomic mass is 32.2. The van der Waals surface area contributed by atoms with Gasteiger partial charge in [-0.05, 0) is 24.3 Å². The first-order valence-electron chi connectivity index (χ1n) is 7.35. The lowest BCUT2D eigenvalue weighted by Gasteiger charge is -2.20. The fourth-order valence-corrected chi connectivity index (χ4v) is 2.81. The number of nitrogens with zero attached hydrogens (tertiary/aromatic N) is 4. The molecule has 130 valence electrons. The van der Waals surface area contributed by atoms with Gasteiger partial charge in [0, 0.05) is 25.0 Å². The second-order valence-corrected chi connectivity index (χ2v) is 5.89. The Bertz CT molecular complexity index is 838. The number of allylic oxidation sites excluding steroid dienone is 1. The first-order valence-corrected chi connectivity index (χ1v) is 8.09. The van der Waals surface area contributed by atoms with E-state index in [1.165, 1.54) is 23.3 Å². The fraction of sp³-hybridized carbons (Fsp3) is 0.133. The first-order chi connectivity index (χ1) is 12.1. The molecule has 0 atom stereocenters. The molecule has 0 saturated carbocycles. The Hall–Kier alpha value is -2.82. The summed E-state index contributed by atoms with van der Waals surface area (Å²) in [6.45, 7) is 0.331. The Labute approximate surface area is 149 Å². The van der Waals surface area contributed by atoms with Gasteiger partial charge in [-0.3, -0.25) is 15.5 Å². The summed E-state index contributed by atoms with van der Waals surface area (Å²) >= 11 is 1.17. The molecule has 3 heterocycles. The highest BCUT2D eigenvalue weighted by Crippen LogP contribution is 2.33. The molecule has 9 nitrogen and oxygen atoms in total. The van der Waals surface area contributed by atoms with Crippen LogP contribution in [-0.2, 0) is 10.8 Å². The number of aromatic nitrogens is 2. The summed E-state index contributed by atoms with van der Waals surface area (Å²) in [4.78, 5) is 12.9. The average Bonchev–Trinajstić information content (AvgIpc) is 3.08. The van der Waals surface area contributed by atoms with Gasteiger partial charge in [-0.15, -0.1) is 0 Å². The van der Waals surface area contributed by atoms with Gasteiger partial charge in [0.1, 0.15) is 0 Å². The zero-order valence-electron chi connectivity index (χ0n) is 13.5. The second kappa shape index (κ2) is 7.38. The van der Waals surface area contributed by atoms with Gasteiger partial charge in [0.05, 0.1) is 41.4 Å². The summed E-state index contributed by atoms with van der Waals surface area (Å²) in [6, 6.07) is 7.23. The lowest BCUT2D eigenvalue weighted by atomic mass is 10.2. The van der Waals surface area contributed by atoms with Crippen LogP contribution in [0.4, 0.5) is 17.2 Å². The van der Waals surface area contributed by atoms with E-state index in [1.807, 2.05) is 12.1 Å². The third kappa shape index (κ3) is 3.65. The minimum atomic E-state index is 0.331. The normalized spacial score (nSPS) is 13.8. The minimum absolute atomic E-state index is 0.331. The van der Waals surface area contributed by atoms with Gasteiger partial charge in [-0.1, -0.05) is 0 Å². The lowest BCUT2D eigenvalue weighted by molar-refractivity contribution is 0.491. The summed E-state index contributed by atoms with van der Waals surface area (Å²) in [5.74, 6) is 6.61. The average molecular weight is 358 g/mol. The van der Waals surface area contributed by atoms with Gasteiger partial charge in [-0.25, -0.2) is 15.8 Å². The van der Waals surface area contributed by atoms with Crippen LogP contribution in [0.1, 0.15) is 11.4 Å². The summed E-state index contributed by atoms with van der Waals surface area (Å²) in [5, 5.41) is 2.20. The Morgan fingerprint density at radius 3 is 2.96 bits per heavy atom. The number of anilines is 3. The van der Waals surface area contributed by atoms with E-state index in [1.54, 1.807) is 25.4 Å². The highest BCUT2D eigenvalue weighted by molar-refractivity contribution is 7.95. The Morgan fingerprint density at radius 2 is 2.20 bits per heavy atom. The summed E-state index contributed by atoms with van der Waals surface area (Å²) < 4.78 is 5.05. The van der Waals surface area contributed by atoms with E-state index in [0.29, 0.717) is 29.3 Å². The van der Waals surface area contributed by atoms with E-state index in [0.717, 1.165) is 16.4 Å². The number of pyridine rings is 2. The van der Waals surface area contributed by atoms with Crippen LogP contribution >= 0.6 is 12.0 Å². The molecular weight excluding hydrogens is 340 g/mol. The molecule has 0 amide bonds. The summed E-state index contributed by atoms with van der Waals surface area (Å²) in [5.41, 5.74) is 17.8. The number of rotatable bonds is 5. The topological polar surface area (TPSA) is 141 Å². The first kappa shape index (κ1) is 17.0. The van der Waals surface area contributed by atoms with Crippen LogP contribution in [0.2, 0.25) is 0 Å². The van der Waals surface area contributed by atoms with Gasteiger partial charge in [0.15, 0.2) is 10.8 Å².